The van der Waals surface area contributed by atoms with Crippen LogP contribution in [0, 0.1) is 0 Å². The van der Waals surface area contributed by atoms with Gasteiger partial charge < -0.3 is 14.8 Å². The molecule has 2 N–H and O–H groups in total. The number of ether oxygens (including phenoxy) is 1. The van der Waals surface area contributed by atoms with Gasteiger partial charge in [-0.05, 0) is 30.3 Å². The van der Waals surface area contributed by atoms with Gasteiger partial charge in [-0.25, -0.2) is 0 Å². The van der Waals surface area contributed by atoms with Gasteiger partial charge in [0.1, 0.15) is 5.75 Å². The highest BCUT2D eigenvalue weighted by molar-refractivity contribution is 6.30. The lowest BCUT2D eigenvalue weighted by Gasteiger charge is -2.10. The summed E-state index contributed by atoms with van der Waals surface area (Å²) in [6, 6.07) is 9.02. The standard InChI is InChI=1S/C17H14N2O4/c1-23-9-2-4-12-11(8-9)14-13(18-12)5-3-10-15(14)17(22)19(6-7-20)16(10)21/h2-5,8,18,20H,6-7H2,1H3. The third kappa shape index (κ3) is 1.78. The number of nitrogens with zero attached hydrogens (tertiary/aromatic N) is 1. The number of carbonyl (C=O) groups is 2. The number of carbonyl (C=O) groups excluding carboxylic acids is 2. The average molecular weight is 310 g/mol. The number of fused-ring (bicyclic) bond motifs is 5. The summed E-state index contributed by atoms with van der Waals surface area (Å²) >= 11 is 0. The normalized spacial score (nSPS) is 14.1. The lowest BCUT2D eigenvalue weighted by Crippen LogP contribution is -2.32. The van der Waals surface area contributed by atoms with Gasteiger partial charge in [0.05, 0.1) is 31.4 Å². The summed E-state index contributed by atoms with van der Waals surface area (Å²) in [6.45, 7) is -0.254. The minimum absolute atomic E-state index is 0.000480. The lowest BCUT2D eigenvalue weighted by molar-refractivity contribution is 0.0625. The number of H-pyrrole nitrogens is 1. The van der Waals surface area contributed by atoms with Gasteiger partial charge in [0.25, 0.3) is 11.8 Å². The molecule has 6 nitrogen and oxygen atoms in total. The molecule has 2 amide bonds. The van der Waals surface area contributed by atoms with Crippen LogP contribution in [0.5, 0.6) is 5.75 Å². The lowest BCUT2D eigenvalue weighted by atomic mass is 10.0. The number of nitrogens with one attached hydrogen (secondary N) is 1. The number of amides is 2. The number of hydrogen-bond donors (Lipinski definition) is 2. The van der Waals surface area contributed by atoms with Crippen LogP contribution in [-0.4, -0.2) is 47.1 Å². The second kappa shape index (κ2) is 4.82. The zero-order valence-corrected chi connectivity index (χ0v) is 12.4. The Hall–Kier alpha value is -2.86. The van der Waals surface area contributed by atoms with Gasteiger partial charge in [-0.3, -0.25) is 14.5 Å². The van der Waals surface area contributed by atoms with Crippen LogP contribution in [0.25, 0.3) is 21.8 Å². The van der Waals surface area contributed by atoms with Crippen molar-refractivity contribution in [2.45, 2.75) is 0 Å². The molecule has 1 aliphatic heterocycles. The summed E-state index contributed by atoms with van der Waals surface area (Å²) in [4.78, 5) is 29.4. The van der Waals surface area contributed by atoms with E-state index in [2.05, 4.69) is 4.98 Å². The Morgan fingerprint density at radius 3 is 2.65 bits per heavy atom. The van der Waals surface area contributed by atoms with Crippen molar-refractivity contribution in [3.8, 4) is 5.75 Å². The van der Waals surface area contributed by atoms with E-state index in [1.165, 1.54) is 0 Å². The van der Waals surface area contributed by atoms with Gasteiger partial charge >= 0.3 is 0 Å². The molecule has 3 aromatic rings. The van der Waals surface area contributed by atoms with Crippen molar-refractivity contribution in [1.82, 2.24) is 9.88 Å². The van der Waals surface area contributed by atoms with Gasteiger partial charge in [-0.15, -0.1) is 0 Å². The van der Waals surface area contributed by atoms with E-state index in [1.54, 1.807) is 19.2 Å². The van der Waals surface area contributed by atoms with Gasteiger partial charge in [0, 0.05) is 21.8 Å². The van der Waals surface area contributed by atoms with Crippen molar-refractivity contribution in [3.63, 3.8) is 0 Å². The Labute approximate surface area is 131 Å². The Balaban J connectivity index is 2.06. The first-order chi connectivity index (χ1) is 11.2. The number of aliphatic hydroxyl groups is 1. The molecule has 0 unspecified atom stereocenters. The first kappa shape index (κ1) is 13.8. The number of benzene rings is 2. The van der Waals surface area contributed by atoms with E-state index in [1.807, 2.05) is 18.2 Å². The highest BCUT2D eigenvalue weighted by atomic mass is 16.5. The second-order valence-electron chi connectivity index (χ2n) is 5.43. The first-order valence-electron chi connectivity index (χ1n) is 7.25. The summed E-state index contributed by atoms with van der Waals surface area (Å²) in [6.07, 6.45) is 0. The summed E-state index contributed by atoms with van der Waals surface area (Å²) < 4.78 is 5.26. The molecule has 2 heterocycles. The summed E-state index contributed by atoms with van der Waals surface area (Å²) in [5.41, 5.74) is 2.43. The maximum atomic E-state index is 12.7. The molecule has 4 rings (SSSR count). The van der Waals surface area contributed by atoms with Crippen molar-refractivity contribution in [2.75, 3.05) is 20.3 Å². The van der Waals surface area contributed by atoms with E-state index in [0.717, 1.165) is 26.7 Å². The second-order valence-corrected chi connectivity index (χ2v) is 5.43. The molecule has 0 spiro atoms. The van der Waals surface area contributed by atoms with E-state index in [4.69, 9.17) is 9.84 Å². The monoisotopic (exact) mass is 310 g/mol. The fraction of sp³-hybridized carbons (Fsp3) is 0.176. The van der Waals surface area contributed by atoms with Crippen LogP contribution in [-0.2, 0) is 0 Å². The molecule has 0 saturated carbocycles. The van der Waals surface area contributed by atoms with Crippen molar-refractivity contribution < 1.29 is 19.4 Å². The predicted octanol–water partition coefficient (Wildman–Crippen LogP) is 1.92. The number of methoxy groups -OCH3 is 1. The number of aliphatic hydroxyl groups excluding tert-OH is 1. The van der Waals surface area contributed by atoms with Crippen LogP contribution in [0.2, 0.25) is 0 Å². The molecule has 2 aromatic carbocycles. The fourth-order valence-corrected chi connectivity index (χ4v) is 3.17. The largest absolute Gasteiger partial charge is 0.497 e. The third-order valence-electron chi connectivity index (χ3n) is 4.23. The SMILES string of the molecule is COc1ccc2[nH]c3ccc4c(c3c2c1)C(=O)N(CCO)C4=O. The molecule has 6 heteroatoms. The van der Waals surface area contributed by atoms with Gasteiger partial charge in [0.15, 0.2) is 0 Å². The maximum Gasteiger partial charge on any atom is 0.262 e. The van der Waals surface area contributed by atoms with E-state index in [0.29, 0.717) is 16.9 Å². The Morgan fingerprint density at radius 1 is 1.13 bits per heavy atom. The number of aromatic nitrogens is 1. The Kier molecular flexibility index (Phi) is 2.89. The van der Waals surface area contributed by atoms with Crippen LogP contribution >= 0.6 is 0 Å². The number of rotatable bonds is 3. The van der Waals surface area contributed by atoms with E-state index in [9.17, 15) is 9.59 Å². The van der Waals surface area contributed by atoms with Gasteiger partial charge in [0.2, 0.25) is 0 Å². The molecule has 1 aromatic heterocycles. The van der Waals surface area contributed by atoms with Crippen LogP contribution in [0.4, 0.5) is 0 Å². The molecule has 23 heavy (non-hydrogen) atoms. The smallest absolute Gasteiger partial charge is 0.262 e. The Bertz CT molecular complexity index is 974. The summed E-state index contributed by atoms with van der Waals surface area (Å²) in [5.74, 6) is -0.0495. The van der Waals surface area contributed by atoms with E-state index in [-0.39, 0.29) is 25.0 Å². The zero-order valence-electron chi connectivity index (χ0n) is 12.4. The number of imide groups is 1. The molecular weight excluding hydrogens is 296 g/mol. The maximum absolute atomic E-state index is 12.7. The highest BCUT2D eigenvalue weighted by Gasteiger charge is 2.37. The van der Waals surface area contributed by atoms with Crippen molar-refractivity contribution in [1.29, 1.82) is 0 Å². The molecule has 0 radical (unpaired) electrons. The Morgan fingerprint density at radius 2 is 1.91 bits per heavy atom. The molecule has 1 aliphatic rings. The number of aromatic amines is 1. The minimum atomic E-state index is -0.367. The first-order valence-corrected chi connectivity index (χ1v) is 7.25. The molecule has 116 valence electrons. The molecule has 0 bridgehead atoms. The van der Waals surface area contributed by atoms with Crippen molar-refractivity contribution in [3.05, 3.63) is 41.5 Å². The predicted molar refractivity (Wildman–Crippen MR) is 84.8 cm³/mol. The highest BCUT2D eigenvalue weighted by Crippen LogP contribution is 2.36. The molecule has 0 atom stereocenters. The summed E-state index contributed by atoms with van der Waals surface area (Å²) in [7, 11) is 1.58. The molecular formula is C17H14N2O4. The quantitative estimate of drug-likeness (QED) is 0.724. The fourth-order valence-electron chi connectivity index (χ4n) is 3.17. The van der Waals surface area contributed by atoms with Crippen LogP contribution in [0.3, 0.4) is 0 Å². The third-order valence-corrected chi connectivity index (χ3v) is 4.23. The average Bonchev–Trinajstić information content (AvgIpc) is 3.05. The zero-order chi connectivity index (χ0) is 16.1. The van der Waals surface area contributed by atoms with Crippen LogP contribution in [0.1, 0.15) is 20.7 Å². The molecule has 0 aliphatic carbocycles. The van der Waals surface area contributed by atoms with Gasteiger partial charge in [-0.1, -0.05) is 0 Å². The van der Waals surface area contributed by atoms with Gasteiger partial charge in [-0.2, -0.15) is 0 Å². The molecule has 0 fully saturated rings. The number of hydrogen-bond acceptors (Lipinski definition) is 4. The molecule has 0 saturated heterocycles. The summed E-state index contributed by atoms with van der Waals surface area (Å²) in [5, 5.41) is 10.6. The van der Waals surface area contributed by atoms with Crippen molar-refractivity contribution in [2.24, 2.45) is 0 Å². The van der Waals surface area contributed by atoms with E-state index < -0.39 is 0 Å². The van der Waals surface area contributed by atoms with Crippen LogP contribution < -0.4 is 4.74 Å². The minimum Gasteiger partial charge on any atom is -0.497 e. The van der Waals surface area contributed by atoms with Crippen molar-refractivity contribution >= 4 is 33.6 Å². The van der Waals surface area contributed by atoms with Crippen LogP contribution in [0.15, 0.2) is 30.3 Å². The van der Waals surface area contributed by atoms with E-state index >= 15 is 0 Å². The number of β-amino-alcohol motifs (C(OH)–C–C–N with tert-alkyl or cyclic N) is 1. The topological polar surface area (TPSA) is 82.6 Å².